The minimum Gasteiger partial charge on any atom is -0.455 e. The highest BCUT2D eigenvalue weighted by Crippen LogP contribution is 2.14. The zero-order valence-electron chi connectivity index (χ0n) is 8.25. The number of hydrogen-bond acceptors (Lipinski definition) is 3. The molecule has 3 nitrogen and oxygen atoms in total. The third-order valence-electron chi connectivity index (χ3n) is 1.61. The van der Waals surface area contributed by atoms with Gasteiger partial charge in [0.2, 0.25) is 0 Å². The molecule has 0 aliphatic rings. The van der Waals surface area contributed by atoms with Gasteiger partial charge in [0.25, 0.3) is 0 Å². The van der Waals surface area contributed by atoms with E-state index in [0.29, 0.717) is 5.69 Å². The molecule has 0 spiro atoms. The van der Waals surface area contributed by atoms with Crippen molar-refractivity contribution >= 4 is 11.7 Å². The first kappa shape index (κ1) is 12.4. The number of para-hydroxylation sites is 1. The number of carbonyl (C=O) groups excluding carboxylic acids is 1. The molecule has 1 N–H and O–H groups in total. The molecule has 0 aliphatic carbocycles. The Balaban J connectivity index is 2.26. The number of carbonyl (C=O) groups is 1. The largest absolute Gasteiger partial charge is 0.455 e. The van der Waals surface area contributed by atoms with Gasteiger partial charge in [0.15, 0.2) is 6.61 Å². The maximum atomic E-state index is 11.7. The van der Waals surface area contributed by atoms with Crippen molar-refractivity contribution in [3.05, 3.63) is 30.3 Å². The van der Waals surface area contributed by atoms with E-state index in [2.05, 4.69) is 10.1 Å². The van der Waals surface area contributed by atoms with E-state index in [0.717, 1.165) is 0 Å². The second-order valence-corrected chi connectivity index (χ2v) is 3.00. The molecule has 0 radical (unpaired) electrons. The number of alkyl halides is 3. The molecule has 0 saturated heterocycles. The summed E-state index contributed by atoms with van der Waals surface area (Å²) in [6.07, 6.45) is -4.48. The molecule has 0 amide bonds. The predicted octanol–water partition coefficient (Wildman–Crippen LogP) is 2.20. The summed E-state index contributed by atoms with van der Waals surface area (Å²) in [5.74, 6) is -0.943. The SMILES string of the molecule is O=C(CNc1ccccc1)OCC(F)(F)F. The smallest absolute Gasteiger partial charge is 0.422 e. The number of rotatable bonds is 4. The second-order valence-electron chi connectivity index (χ2n) is 3.00. The lowest BCUT2D eigenvalue weighted by atomic mass is 10.3. The zero-order chi connectivity index (χ0) is 12.0. The molecule has 88 valence electrons. The van der Waals surface area contributed by atoms with Crippen LogP contribution >= 0.6 is 0 Å². The average Bonchev–Trinajstić information content (AvgIpc) is 2.24. The van der Waals surface area contributed by atoms with Crippen molar-refractivity contribution in [3.8, 4) is 0 Å². The monoisotopic (exact) mass is 233 g/mol. The highest BCUT2D eigenvalue weighted by atomic mass is 19.4. The summed E-state index contributed by atoms with van der Waals surface area (Å²) < 4.78 is 39.0. The topological polar surface area (TPSA) is 38.3 Å². The van der Waals surface area contributed by atoms with Gasteiger partial charge in [-0.1, -0.05) is 18.2 Å². The lowest BCUT2D eigenvalue weighted by Crippen LogP contribution is -2.24. The Morgan fingerprint density at radius 1 is 1.25 bits per heavy atom. The molecule has 0 heterocycles. The first-order valence-electron chi connectivity index (χ1n) is 4.49. The van der Waals surface area contributed by atoms with Crippen LogP contribution in [0.3, 0.4) is 0 Å². The summed E-state index contributed by atoms with van der Waals surface area (Å²) in [4.78, 5) is 10.9. The van der Waals surface area contributed by atoms with Crippen molar-refractivity contribution in [1.29, 1.82) is 0 Å². The van der Waals surface area contributed by atoms with Gasteiger partial charge >= 0.3 is 12.1 Å². The van der Waals surface area contributed by atoms with E-state index in [1.807, 2.05) is 0 Å². The predicted molar refractivity (Wildman–Crippen MR) is 51.9 cm³/mol. The van der Waals surface area contributed by atoms with Crippen molar-refractivity contribution in [3.63, 3.8) is 0 Å². The molecular weight excluding hydrogens is 223 g/mol. The molecule has 0 aromatic heterocycles. The van der Waals surface area contributed by atoms with Crippen molar-refractivity contribution in [1.82, 2.24) is 0 Å². The van der Waals surface area contributed by atoms with Crippen LogP contribution in [-0.2, 0) is 9.53 Å². The van der Waals surface area contributed by atoms with E-state index < -0.39 is 18.8 Å². The van der Waals surface area contributed by atoms with Crippen molar-refractivity contribution < 1.29 is 22.7 Å². The quantitative estimate of drug-likeness (QED) is 0.810. The molecule has 0 saturated carbocycles. The standard InChI is InChI=1S/C10H10F3NO2/c11-10(12,13)7-16-9(15)6-14-8-4-2-1-3-5-8/h1-5,14H,6-7H2. The molecular formula is C10H10F3NO2. The van der Waals surface area contributed by atoms with Gasteiger partial charge < -0.3 is 10.1 Å². The second kappa shape index (κ2) is 5.39. The van der Waals surface area contributed by atoms with Crippen molar-refractivity contribution in [2.45, 2.75) is 6.18 Å². The minimum atomic E-state index is -4.48. The van der Waals surface area contributed by atoms with Gasteiger partial charge in [-0.05, 0) is 12.1 Å². The Labute approximate surface area is 90.2 Å². The summed E-state index contributed by atoms with van der Waals surface area (Å²) in [7, 11) is 0. The van der Waals surface area contributed by atoms with Gasteiger partial charge in [-0.3, -0.25) is 4.79 Å². The van der Waals surface area contributed by atoms with Crippen LogP contribution in [0.15, 0.2) is 30.3 Å². The van der Waals surface area contributed by atoms with Crippen LogP contribution in [0.25, 0.3) is 0 Å². The lowest BCUT2D eigenvalue weighted by Gasteiger charge is -2.08. The number of nitrogens with one attached hydrogen (secondary N) is 1. The lowest BCUT2D eigenvalue weighted by molar-refractivity contribution is -0.184. The third-order valence-corrected chi connectivity index (χ3v) is 1.61. The summed E-state index contributed by atoms with van der Waals surface area (Å²) in [6, 6.07) is 8.65. The summed E-state index contributed by atoms with van der Waals surface area (Å²) in [5, 5.41) is 2.64. The van der Waals surface area contributed by atoms with E-state index in [4.69, 9.17) is 0 Å². The van der Waals surface area contributed by atoms with E-state index >= 15 is 0 Å². The first-order valence-corrected chi connectivity index (χ1v) is 4.49. The Morgan fingerprint density at radius 3 is 2.44 bits per heavy atom. The highest BCUT2D eigenvalue weighted by molar-refractivity contribution is 5.74. The van der Waals surface area contributed by atoms with E-state index in [-0.39, 0.29) is 6.54 Å². The molecule has 0 aliphatic heterocycles. The van der Waals surface area contributed by atoms with Crippen molar-refractivity contribution in [2.75, 3.05) is 18.5 Å². The molecule has 0 fully saturated rings. The number of ether oxygens (including phenoxy) is 1. The van der Waals surface area contributed by atoms with Gasteiger partial charge in [-0.15, -0.1) is 0 Å². The molecule has 6 heteroatoms. The van der Waals surface area contributed by atoms with Crippen LogP contribution in [0.4, 0.5) is 18.9 Å². The number of hydrogen-bond donors (Lipinski definition) is 1. The van der Waals surface area contributed by atoms with Crippen LogP contribution in [0.1, 0.15) is 0 Å². The fourth-order valence-electron chi connectivity index (χ4n) is 0.944. The third kappa shape index (κ3) is 5.23. The Hall–Kier alpha value is -1.72. The Morgan fingerprint density at radius 2 is 1.88 bits per heavy atom. The average molecular weight is 233 g/mol. The van der Waals surface area contributed by atoms with Crippen molar-refractivity contribution in [2.24, 2.45) is 0 Å². The van der Waals surface area contributed by atoms with Crippen LogP contribution in [-0.4, -0.2) is 25.3 Å². The molecule has 1 aromatic carbocycles. The van der Waals surface area contributed by atoms with E-state index in [1.54, 1.807) is 30.3 Å². The number of esters is 1. The molecule has 16 heavy (non-hydrogen) atoms. The van der Waals surface area contributed by atoms with Crippen LogP contribution < -0.4 is 5.32 Å². The van der Waals surface area contributed by atoms with Gasteiger partial charge in [0.1, 0.15) is 6.54 Å². The fourth-order valence-corrected chi connectivity index (χ4v) is 0.944. The normalized spacial score (nSPS) is 10.9. The van der Waals surface area contributed by atoms with Gasteiger partial charge in [-0.25, -0.2) is 0 Å². The molecule has 0 unspecified atom stereocenters. The first-order chi connectivity index (χ1) is 7.47. The highest BCUT2D eigenvalue weighted by Gasteiger charge is 2.29. The maximum absolute atomic E-state index is 11.7. The fraction of sp³-hybridized carbons (Fsp3) is 0.300. The molecule has 1 aromatic rings. The molecule has 1 rings (SSSR count). The molecule has 0 atom stereocenters. The summed E-state index contributed by atoms with van der Waals surface area (Å²) in [6.45, 7) is -1.84. The van der Waals surface area contributed by atoms with Gasteiger partial charge in [0, 0.05) is 5.69 Å². The summed E-state index contributed by atoms with van der Waals surface area (Å²) >= 11 is 0. The number of anilines is 1. The Bertz CT molecular complexity index is 338. The van der Waals surface area contributed by atoms with Crippen LogP contribution in [0.2, 0.25) is 0 Å². The zero-order valence-corrected chi connectivity index (χ0v) is 8.25. The number of benzene rings is 1. The van der Waals surface area contributed by atoms with Gasteiger partial charge in [0.05, 0.1) is 0 Å². The minimum absolute atomic E-state index is 0.292. The van der Waals surface area contributed by atoms with Crippen LogP contribution in [0, 0.1) is 0 Å². The van der Waals surface area contributed by atoms with E-state index in [9.17, 15) is 18.0 Å². The summed E-state index contributed by atoms with van der Waals surface area (Å²) in [5.41, 5.74) is 0.645. The van der Waals surface area contributed by atoms with Crippen LogP contribution in [0.5, 0.6) is 0 Å². The molecule has 0 bridgehead atoms. The maximum Gasteiger partial charge on any atom is 0.422 e. The van der Waals surface area contributed by atoms with E-state index in [1.165, 1.54) is 0 Å². The van der Waals surface area contributed by atoms with Gasteiger partial charge in [-0.2, -0.15) is 13.2 Å². The number of halogens is 3. The Kier molecular flexibility index (Phi) is 4.16.